The highest BCUT2D eigenvalue weighted by Crippen LogP contribution is 2.33. The first-order valence-electron chi connectivity index (χ1n) is 6.46. The minimum atomic E-state index is 0.328. The molecular weight excluding hydrogens is 306 g/mol. The fraction of sp³-hybridized carbons (Fsp3) is 0.357. The molecule has 0 saturated heterocycles. The fourth-order valence-electron chi connectivity index (χ4n) is 2.37. The molecule has 2 heterocycles. The van der Waals surface area contributed by atoms with Crippen LogP contribution in [0.3, 0.4) is 0 Å². The summed E-state index contributed by atoms with van der Waals surface area (Å²) in [7, 11) is 0. The highest BCUT2D eigenvalue weighted by Gasteiger charge is 2.19. The van der Waals surface area contributed by atoms with Gasteiger partial charge in [-0.05, 0) is 25.0 Å². The lowest BCUT2D eigenvalue weighted by molar-refractivity contribution is 0.315. The van der Waals surface area contributed by atoms with Gasteiger partial charge in [-0.25, -0.2) is 4.98 Å². The van der Waals surface area contributed by atoms with Crippen molar-refractivity contribution in [1.29, 1.82) is 0 Å². The Bertz CT molecular complexity index is 542. The molecule has 2 aromatic rings. The molecule has 1 unspecified atom stereocenters. The normalized spacial score (nSPS) is 18.5. The molecule has 1 aromatic heterocycles. The quantitative estimate of drug-likeness (QED) is 0.912. The zero-order chi connectivity index (χ0) is 13.1. The summed E-state index contributed by atoms with van der Waals surface area (Å²) in [6.45, 7) is 1.58. The number of H-pyrrole nitrogens is 1. The van der Waals surface area contributed by atoms with Gasteiger partial charge >= 0.3 is 0 Å². The van der Waals surface area contributed by atoms with Gasteiger partial charge < -0.3 is 15.0 Å². The summed E-state index contributed by atoms with van der Waals surface area (Å²) >= 11 is 3.49. The van der Waals surface area contributed by atoms with Gasteiger partial charge in [0.1, 0.15) is 5.75 Å². The number of halogens is 1. The average Bonchev–Trinajstić information content (AvgIpc) is 2.84. The maximum absolute atomic E-state index is 5.81. The molecule has 2 N–H and O–H groups in total. The summed E-state index contributed by atoms with van der Waals surface area (Å²) in [6, 6.07) is 6.58. The van der Waals surface area contributed by atoms with E-state index in [0.717, 1.165) is 41.9 Å². The monoisotopic (exact) mass is 321 g/mol. The number of imidazole rings is 1. The first kappa shape index (κ1) is 12.7. The standard InChI is InChI=1S/C14H16BrN3O/c15-10-3-4-12-13(2-1-5-19-14(12)6-10)17-8-11-7-16-9-18-11/h3-4,6-7,9,13,17H,1-2,5,8H2,(H,16,18). The van der Waals surface area contributed by atoms with Crippen LogP contribution in [0.2, 0.25) is 0 Å². The number of nitrogens with zero attached hydrogens (tertiary/aromatic N) is 1. The number of ether oxygens (including phenoxy) is 1. The molecule has 100 valence electrons. The van der Waals surface area contributed by atoms with Gasteiger partial charge in [0.05, 0.1) is 12.9 Å². The number of hydrogen-bond donors (Lipinski definition) is 2. The van der Waals surface area contributed by atoms with Crippen molar-refractivity contribution in [3.05, 3.63) is 46.5 Å². The fourth-order valence-corrected chi connectivity index (χ4v) is 2.71. The summed E-state index contributed by atoms with van der Waals surface area (Å²) in [5, 5.41) is 3.57. The lowest BCUT2D eigenvalue weighted by Crippen LogP contribution is -2.20. The lowest BCUT2D eigenvalue weighted by atomic mass is 10.0. The van der Waals surface area contributed by atoms with Crippen molar-refractivity contribution < 1.29 is 4.74 Å². The molecule has 0 aliphatic carbocycles. The molecule has 0 amide bonds. The Morgan fingerprint density at radius 3 is 3.26 bits per heavy atom. The zero-order valence-electron chi connectivity index (χ0n) is 10.5. The molecule has 5 heteroatoms. The van der Waals surface area contributed by atoms with Crippen molar-refractivity contribution in [2.75, 3.05) is 6.61 Å². The largest absolute Gasteiger partial charge is 0.493 e. The summed E-state index contributed by atoms with van der Waals surface area (Å²) in [4.78, 5) is 7.15. The summed E-state index contributed by atoms with van der Waals surface area (Å²) in [6.07, 6.45) is 5.71. The van der Waals surface area contributed by atoms with E-state index in [4.69, 9.17) is 4.74 Å². The number of fused-ring (bicyclic) bond motifs is 1. The van der Waals surface area contributed by atoms with Crippen LogP contribution in [0.4, 0.5) is 0 Å². The molecule has 0 bridgehead atoms. The van der Waals surface area contributed by atoms with Gasteiger partial charge in [0, 0.05) is 34.5 Å². The van der Waals surface area contributed by atoms with Crippen LogP contribution in [-0.4, -0.2) is 16.6 Å². The summed E-state index contributed by atoms with van der Waals surface area (Å²) < 4.78 is 6.86. The minimum Gasteiger partial charge on any atom is -0.493 e. The molecule has 19 heavy (non-hydrogen) atoms. The van der Waals surface area contributed by atoms with Crippen LogP contribution in [-0.2, 0) is 6.54 Å². The van der Waals surface area contributed by atoms with E-state index >= 15 is 0 Å². The van der Waals surface area contributed by atoms with Crippen LogP contribution in [0.15, 0.2) is 35.2 Å². The first-order chi connectivity index (χ1) is 9.33. The van der Waals surface area contributed by atoms with Crippen LogP contribution in [0.1, 0.15) is 30.1 Å². The summed E-state index contributed by atoms with van der Waals surface area (Å²) in [5.41, 5.74) is 2.34. The maximum atomic E-state index is 5.81. The third-order valence-electron chi connectivity index (χ3n) is 3.34. The van der Waals surface area contributed by atoms with E-state index in [2.05, 4.69) is 43.3 Å². The molecule has 0 fully saturated rings. The lowest BCUT2D eigenvalue weighted by Gasteiger charge is -2.18. The van der Waals surface area contributed by atoms with Crippen molar-refractivity contribution in [1.82, 2.24) is 15.3 Å². The Kier molecular flexibility index (Phi) is 3.84. The average molecular weight is 322 g/mol. The maximum Gasteiger partial charge on any atom is 0.125 e. The molecule has 1 atom stereocenters. The Hall–Kier alpha value is -1.33. The first-order valence-corrected chi connectivity index (χ1v) is 7.25. The van der Waals surface area contributed by atoms with E-state index in [1.807, 2.05) is 12.3 Å². The topological polar surface area (TPSA) is 49.9 Å². The van der Waals surface area contributed by atoms with Crippen LogP contribution >= 0.6 is 15.9 Å². The van der Waals surface area contributed by atoms with Gasteiger partial charge in [0.2, 0.25) is 0 Å². The van der Waals surface area contributed by atoms with E-state index in [1.54, 1.807) is 6.33 Å². The number of aromatic amines is 1. The van der Waals surface area contributed by atoms with E-state index in [-0.39, 0.29) is 0 Å². The second-order valence-electron chi connectivity index (χ2n) is 4.68. The second kappa shape index (κ2) is 5.75. The molecule has 0 saturated carbocycles. The number of rotatable bonds is 3. The van der Waals surface area contributed by atoms with Crippen molar-refractivity contribution >= 4 is 15.9 Å². The molecule has 0 spiro atoms. The Morgan fingerprint density at radius 2 is 2.42 bits per heavy atom. The highest BCUT2D eigenvalue weighted by molar-refractivity contribution is 9.10. The van der Waals surface area contributed by atoms with Crippen molar-refractivity contribution in [3.8, 4) is 5.75 Å². The highest BCUT2D eigenvalue weighted by atomic mass is 79.9. The minimum absolute atomic E-state index is 0.328. The van der Waals surface area contributed by atoms with Crippen LogP contribution in [0.25, 0.3) is 0 Å². The van der Waals surface area contributed by atoms with Gasteiger partial charge in [-0.3, -0.25) is 0 Å². The van der Waals surface area contributed by atoms with E-state index in [9.17, 15) is 0 Å². The van der Waals surface area contributed by atoms with Crippen molar-refractivity contribution in [2.24, 2.45) is 0 Å². The molecule has 0 radical (unpaired) electrons. The zero-order valence-corrected chi connectivity index (χ0v) is 12.1. The summed E-state index contributed by atoms with van der Waals surface area (Å²) in [5.74, 6) is 0.981. The van der Waals surface area contributed by atoms with E-state index in [1.165, 1.54) is 5.56 Å². The molecule has 1 aliphatic heterocycles. The predicted molar refractivity (Wildman–Crippen MR) is 77.0 cm³/mol. The Labute approximate surface area is 120 Å². The van der Waals surface area contributed by atoms with Gasteiger partial charge in [-0.2, -0.15) is 0 Å². The van der Waals surface area contributed by atoms with Crippen LogP contribution in [0, 0.1) is 0 Å². The number of hydrogen-bond acceptors (Lipinski definition) is 3. The molecule has 3 rings (SSSR count). The molecule has 1 aliphatic rings. The number of aromatic nitrogens is 2. The molecular formula is C14H16BrN3O. The number of nitrogens with one attached hydrogen (secondary N) is 2. The van der Waals surface area contributed by atoms with Gasteiger partial charge in [-0.15, -0.1) is 0 Å². The van der Waals surface area contributed by atoms with E-state index in [0.29, 0.717) is 6.04 Å². The molecule has 1 aromatic carbocycles. The van der Waals surface area contributed by atoms with Gasteiger partial charge in [-0.1, -0.05) is 22.0 Å². The molecule has 4 nitrogen and oxygen atoms in total. The van der Waals surface area contributed by atoms with Crippen molar-refractivity contribution in [3.63, 3.8) is 0 Å². The third kappa shape index (κ3) is 2.98. The predicted octanol–water partition coefficient (Wildman–Crippen LogP) is 3.18. The van der Waals surface area contributed by atoms with Gasteiger partial charge in [0.25, 0.3) is 0 Å². The SMILES string of the molecule is Brc1ccc2c(c1)OCCCC2NCc1cnc[nH]1. The van der Waals surface area contributed by atoms with Crippen LogP contribution in [0.5, 0.6) is 5.75 Å². The second-order valence-corrected chi connectivity index (χ2v) is 5.60. The van der Waals surface area contributed by atoms with E-state index < -0.39 is 0 Å². The Balaban J connectivity index is 1.78. The third-order valence-corrected chi connectivity index (χ3v) is 3.83. The van der Waals surface area contributed by atoms with Crippen LogP contribution < -0.4 is 10.1 Å². The number of benzene rings is 1. The van der Waals surface area contributed by atoms with Crippen molar-refractivity contribution in [2.45, 2.75) is 25.4 Å². The Morgan fingerprint density at radius 1 is 1.47 bits per heavy atom. The van der Waals surface area contributed by atoms with Gasteiger partial charge in [0.15, 0.2) is 0 Å². The smallest absolute Gasteiger partial charge is 0.125 e.